The van der Waals surface area contributed by atoms with E-state index in [0.29, 0.717) is 45.7 Å². The second kappa shape index (κ2) is 7.09. The van der Waals surface area contributed by atoms with E-state index in [9.17, 15) is 9.59 Å². The number of aromatic nitrogens is 1. The molecule has 1 aromatic heterocycles. The number of hydrogen-bond donors (Lipinski definition) is 1. The summed E-state index contributed by atoms with van der Waals surface area (Å²) in [5.74, 6) is -0.970. The molecule has 3 rings (SSSR count). The fourth-order valence-corrected chi connectivity index (χ4v) is 3.23. The minimum atomic E-state index is -1.12. The van der Waals surface area contributed by atoms with Crippen LogP contribution >= 0.6 is 0 Å². The lowest BCUT2D eigenvalue weighted by Gasteiger charge is -2.40. The number of piperidine rings is 1. The van der Waals surface area contributed by atoms with E-state index in [2.05, 4.69) is 10.3 Å². The van der Waals surface area contributed by atoms with E-state index in [1.807, 2.05) is 12.1 Å². The van der Waals surface area contributed by atoms with Gasteiger partial charge in [0.15, 0.2) is 5.79 Å². The molecule has 2 amide bonds. The SMILES string of the molecule is CC(C)(C(=O)NCc1cccnc1)C(=O)N1CCC2(CC1)OCCO2. The van der Waals surface area contributed by atoms with E-state index in [1.54, 1.807) is 31.1 Å². The Labute approximate surface area is 147 Å². The summed E-state index contributed by atoms with van der Waals surface area (Å²) < 4.78 is 11.4. The zero-order valence-corrected chi connectivity index (χ0v) is 14.8. The Morgan fingerprint density at radius 2 is 1.96 bits per heavy atom. The Morgan fingerprint density at radius 1 is 1.28 bits per heavy atom. The summed E-state index contributed by atoms with van der Waals surface area (Å²) in [4.78, 5) is 31.1. The lowest BCUT2D eigenvalue weighted by molar-refractivity contribution is -0.189. The quantitative estimate of drug-likeness (QED) is 0.825. The summed E-state index contributed by atoms with van der Waals surface area (Å²) in [5, 5.41) is 2.83. The molecule has 25 heavy (non-hydrogen) atoms. The van der Waals surface area contributed by atoms with E-state index in [0.717, 1.165) is 5.56 Å². The van der Waals surface area contributed by atoms with Crippen LogP contribution in [0.25, 0.3) is 0 Å². The van der Waals surface area contributed by atoms with Crippen molar-refractivity contribution in [1.82, 2.24) is 15.2 Å². The molecule has 1 aromatic rings. The first-order chi connectivity index (χ1) is 11.9. The van der Waals surface area contributed by atoms with Crippen molar-refractivity contribution in [2.45, 2.75) is 39.0 Å². The first-order valence-electron chi connectivity index (χ1n) is 8.67. The maximum Gasteiger partial charge on any atom is 0.237 e. The summed E-state index contributed by atoms with van der Waals surface area (Å²) in [5.41, 5.74) is -0.223. The van der Waals surface area contributed by atoms with E-state index < -0.39 is 11.2 Å². The second-order valence-corrected chi connectivity index (χ2v) is 7.07. The molecule has 2 aliphatic rings. The third-order valence-corrected chi connectivity index (χ3v) is 4.90. The van der Waals surface area contributed by atoms with Gasteiger partial charge >= 0.3 is 0 Å². The van der Waals surface area contributed by atoms with Crippen molar-refractivity contribution in [2.75, 3.05) is 26.3 Å². The Bertz CT molecular complexity index is 616. The lowest BCUT2D eigenvalue weighted by atomic mass is 9.89. The van der Waals surface area contributed by atoms with Gasteiger partial charge in [-0.3, -0.25) is 14.6 Å². The average Bonchev–Trinajstić information content (AvgIpc) is 3.08. The van der Waals surface area contributed by atoms with Crippen LogP contribution in [0, 0.1) is 5.41 Å². The van der Waals surface area contributed by atoms with Gasteiger partial charge in [-0.15, -0.1) is 0 Å². The molecule has 1 N–H and O–H groups in total. The molecule has 0 saturated carbocycles. The van der Waals surface area contributed by atoms with Gasteiger partial charge in [0.2, 0.25) is 11.8 Å². The van der Waals surface area contributed by atoms with E-state index in [-0.39, 0.29) is 11.8 Å². The van der Waals surface area contributed by atoms with Crippen LogP contribution in [0.3, 0.4) is 0 Å². The molecule has 0 radical (unpaired) electrons. The number of amides is 2. The fraction of sp³-hybridized carbons (Fsp3) is 0.611. The molecule has 7 nitrogen and oxygen atoms in total. The number of hydrogen-bond acceptors (Lipinski definition) is 5. The Balaban J connectivity index is 1.55. The van der Waals surface area contributed by atoms with Gasteiger partial charge in [0.25, 0.3) is 0 Å². The minimum absolute atomic E-state index is 0.163. The fourth-order valence-electron chi connectivity index (χ4n) is 3.23. The van der Waals surface area contributed by atoms with Crippen LogP contribution in [-0.4, -0.2) is 53.8 Å². The normalized spacial score (nSPS) is 19.8. The molecule has 3 heterocycles. The van der Waals surface area contributed by atoms with Crippen molar-refractivity contribution < 1.29 is 19.1 Å². The molecule has 0 aliphatic carbocycles. The van der Waals surface area contributed by atoms with Gasteiger partial charge in [0.05, 0.1) is 13.2 Å². The van der Waals surface area contributed by atoms with E-state index >= 15 is 0 Å². The van der Waals surface area contributed by atoms with Crippen molar-refractivity contribution in [1.29, 1.82) is 0 Å². The Hall–Kier alpha value is -1.99. The number of nitrogens with zero attached hydrogens (tertiary/aromatic N) is 2. The first kappa shape index (κ1) is 17.8. The molecule has 2 fully saturated rings. The predicted octanol–water partition coefficient (Wildman–Crippen LogP) is 1.09. The average molecular weight is 347 g/mol. The van der Waals surface area contributed by atoms with Crippen LogP contribution in [0.4, 0.5) is 0 Å². The van der Waals surface area contributed by atoms with Gasteiger partial charge in [-0.2, -0.15) is 0 Å². The number of carbonyl (C=O) groups excluding carboxylic acids is 2. The number of likely N-dealkylation sites (tertiary alicyclic amines) is 1. The third-order valence-electron chi connectivity index (χ3n) is 4.90. The van der Waals surface area contributed by atoms with Crippen LogP contribution in [-0.2, 0) is 25.6 Å². The maximum atomic E-state index is 12.8. The Kier molecular flexibility index (Phi) is 5.06. The van der Waals surface area contributed by atoms with Crippen molar-refractivity contribution in [3.05, 3.63) is 30.1 Å². The first-order valence-corrected chi connectivity index (χ1v) is 8.67. The zero-order chi connectivity index (χ0) is 17.9. The number of carbonyl (C=O) groups is 2. The summed E-state index contributed by atoms with van der Waals surface area (Å²) >= 11 is 0. The van der Waals surface area contributed by atoms with Gasteiger partial charge in [-0.05, 0) is 25.5 Å². The molecule has 136 valence electrons. The Morgan fingerprint density at radius 3 is 2.56 bits per heavy atom. The van der Waals surface area contributed by atoms with Crippen molar-refractivity contribution >= 4 is 11.8 Å². The highest BCUT2D eigenvalue weighted by Gasteiger charge is 2.45. The van der Waals surface area contributed by atoms with E-state index in [4.69, 9.17) is 9.47 Å². The van der Waals surface area contributed by atoms with Gasteiger partial charge in [0, 0.05) is 44.9 Å². The van der Waals surface area contributed by atoms with Crippen molar-refractivity contribution in [2.24, 2.45) is 5.41 Å². The minimum Gasteiger partial charge on any atom is -0.351 e. The largest absolute Gasteiger partial charge is 0.351 e. The molecule has 0 unspecified atom stereocenters. The van der Waals surface area contributed by atoms with E-state index in [1.165, 1.54) is 0 Å². The topological polar surface area (TPSA) is 80.8 Å². The standard InChI is InChI=1S/C18H25N3O4/c1-17(2,15(22)20-13-14-4-3-7-19-12-14)16(23)21-8-5-18(6-9-21)24-10-11-25-18/h3-4,7,12H,5-6,8-11,13H2,1-2H3,(H,20,22). The van der Waals surface area contributed by atoms with Gasteiger partial charge in [-0.1, -0.05) is 6.07 Å². The summed E-state index contributed by atoms with van der Waals surface area (Å²) in [6, 6.07) is 3.70. The predicted molar refractivity (Wildman–Crippen MR) is 90.3 cm³/mol. The van der Waals surface area contributed by atoms with Crippen LogP contribution in [0.15, 0.2) is 24.5 Å². The van der Waals surface area contributed by atoms with Crippen molar-refractivity contribution in [3.63, 3.8) is 0 Å². The van der Waals surface area contributed by atoms with Crippen molar-refractivity contribution in [3.8, 4) is 0 Å². The molecule has 0 bridgehead atoms. The second-order valence-electron chi connectivity index (χ2n) is 7.07. The van der Waals surface area contributed by atoms with Crippen LogP contribution < -0.4 is 5.32 Å². The monoisotopic (exact) mass is 347 g/mol. The lowest BCUT2D eigenvalue weighted by Crippen LogP contribution is -2.54. The number of pyridine rings is 1. The maximum absolute atomic E-state index is 12.8. The van der Waals surface area contributed by atoms with Gasteiger partial charge < -0.3 is 19.7 Å². The van der Waals surface area contributed by atoms with Crippen LogP contribution in [0.5, 0.6) is 0 Å². The van der Waals surface area contributed by atoms with Crippen LogP contribution in [0.1, 0.15) is 32.3 Å². The third kappa shape index (κ3) is 3.82. The summed E-state index contributed by atoms with van der Waals surface area (Å²) in [7, 11) is 0. The number of ether oxygens (including phenoxy) is 2. The smallest absolute Gasteiger partial charge is 0.237 e. The highest BCUT2D eigenvalue weighted by atomic mass is 16.7. The van der Waals surface area contributed by atoms with Gasteiger partial charge in [0.1, 0.15) is 5.41 Å². The molecule has 0 aromatic carbocycles. The zero-order valence-electron chi connectivity index (χ0n) is 14.8. The van der Waals surface area contributed by atoms with Crippen LogP contribution in [0.2, 0.25) is 0 Å². The highest BCUT2D eigenvalue weighted by Crippen LogP contribution is 2.33. The number of nitrogens with one attached hydrogen (secondary N) is 1. The number of rotatable bonds is 4. The molecular weight excluding hydrogens is 322 g/mol. The molecule has 1 spiro atoms. The molecule has 2 aliphatic heterocycles. The summed E-state index contributed by atoms with van der Waals surface area (Å²) in [6.07, 6.45) is 4.67. The molecule has 0 atom stereocenters. The molecule has 2 saturated heterocycles. The molecular formula is C18H25N3O4. The highest BCUT2D eigenvalue weighted by molar-refractivity contribution is 6.04. The summed E-state index contributed by atoms with van der Waals surface area (Å²) in [6.45, 7) is 5.98. The van der Waals surface area contributed by atoms with Gasteiger partial charge in [-0.25, -0.2) is 0 Å². The molecule has 7 heteroatoms.